The number of nitrogens with zero attached hydrogens (tertiary/aromatic N) is 2. The Labute approximate surface area is 83.2 Å². The van der Waals surface area contributed by atoms with E-state index in [-0.39, 0.29) is 11.3 Å². The van der Waals surface area contributed by atoms with Crippen LogP contribution in [0.3, 0.4) is 0 Å². The van der Waals surface area contributed by atoms with Crippen LogP contribution in [0.2, 0.25) is 0 Å². The van der Waals surface area contributed by atoms with Gasteiger partial charge in [0.1, 0.15) is 15.9 Å². The van der Waals surface area contributed by atoms with Crippen LogP contribution in [0.25, 0.3) is 10.3 Å². The molecular weight excluding hydrogens is 202 g/mol. The molecule has 0 aliphatic heterocycles. The van der Waals surface area contributed by atoms with Gasteiger partial charge in [0.25, 0.3) is 0 Å². The predicted octanol–water partition coefficient (Wildman–Crippen LogP) is 1.28. The number of fused-ring (bicyclic) bond motifs is 1. The molecule has 5 nitrogen and oxygen atoms in total. The highest BCUT2D eigenvalue weighted by atomic mass is 32.1. The van der Waals surface area contributed by atoms with Crippen LogP contribution in [0.4, 0.5) is 5.69 Å². The van der Waals surface area contributed by atoms with E-state index in [9.17, 15) is 4.79 Å². The molecule has 2 aromatic heterocycles. The summed E-state index contributed by atoms with van der Waals surface area (Å²) in [6, 6.07) is 0. The molecule has 0 unspecified atom stereocenters. The van der Waals surface area contributed by atoms with Crippen molar-refractivity contribution < 1.29 is 9.90 Å². The fraction of sp³-hybridized carbons (Fsp3) is 0.125. The Morgan fingerprint density at radius 2 is 2.36 bits per heavy atom. The highest BCUT2D eigenvalue weighted by Crippen LogP contribution is 2.26. The highest BCUT2D eigenvalue weighted by Gasteiger charge is 2.17. The van der Waals surface area contributed by atoms with E-state index in [1.807, 2.05) is 0 Å². The van der Waals surface area contributed by atoms with Gasteiger partial charge in [0.15, 0.2) is 0 Å². The zero-order valence-electron chi connectivity index (χ0n) is 7.31. The average molecular weight is 209 g/mol. The minimum absolute atomic E-state index is 0.0448. The predicted molar refractivity (Wildman–Crippen MR) is 53.5 cm³/mol. The molecule has 3 N–H and O–H groups in total. The summed E-state index contributed by atoms with van der Waals surface area (Å²) in [7, 11) is 0. The van der Waals surface area contributed by atoms with Gasteiger partial charge in [0.2, 0.25) is 0 Å². The molecule has 0 amide bonds. The maximum absolute atomic E-state index is 10.9. The van der Waals surface area contributed by atoms with Crippen molar-refractivity contribution in [1.29, 1.82) is 0 Å². The number of aromatic nitrogens is 2. The Bertz CT molecular complexity index is 521. The minimum atomic E-state index is -1.07. The van der Waals surface area contributed by atoms with Crippen LogP contribution in [-0.2, 0) is 0 Å². The summed E-state index contributed by atoms with van der Waals surface area (Å²) in [6.45, 7) is 1.62. The number of nitrogens with two attached hydrogens (primary N) is 1. The second-order valence-electron chi connectivity index (χ2n) is 2.80. The normalized spacial score (nSPS) is 10.6. The summed E-state index contributed by atoms with van der Waals surface area (Å²) in [5.74, 6) is -1.07. The van der Waals surface area contributed by atoms with Gasteiger partial charge in [-0.05, 0) is 6.92 Å². The molecule has 0 aliphatic carbocycles. The minimum Gasteiger partial charge on any atom is -0.478 e. The van der Waals surface area contributed by atoms with Crippen molar-refractivity contribution in [3.8, 4) is 0 Å². The smallest absolute Gasteiger partial charge is 0.339 e. The van der Waals surface area contributed by atoms with E-state index in [2.05, 4.69) is 9.97 Å². The monoisotopic (exact) mass is 209 g/mol. The van der Waals surface area contributed by atoms with Crippen molar-refractivity contribution in [1.82, 2.24) is 9.97 Å². The molecule has 0 spiro atoms. The van der Waals surface area contributed by atoms with E-state index in [0.717, 1.165) is 0 Å². The summed E-state index contributed by atoms with van der Waals surface area (Å²) < 4.78 is 0. The molecule has 0 fully saturated rings. The van der Waals surface area contributed by atoms with Crippen molar-refractivity contribution in [2.24, 2.45) is 0 Å². The molecule has 0 radical (unpaired) electrons. The van der Waals surface area contributed by atoms with Crippen molar-refractivity contribution in [2.45, 2.75) is 6.92 Å². The van der Waals surface area contributed by atoms with Gasteiger partial charge in [-0.25, -0.2) is 14.8 Å². The Hall–Kier alpha value is -1.69. The summed E-state index contributed by atoms with van der Waals surface area (Å²) >= 11 is 1.34. The number of rotatable bonds is 1. The summed E-state index contributed by atoms with van der Waals surface area (Å²) in [4.78, 5) is 19.6. The van der Waals surface area contributed by atoms with Gasteiger partial charge in [0, 0.05) is 0 Å². The third-order valence-electron chi connectivity index (χ3n) is 1.92. The molecule has 2 heterocycles. The van der Waals surface area contributed by atoms with Crippen molar-refractivity contribution >= 4 is 33.3 Å². The van der Waals surface area contributed by atoms with Gasteiger partial charge in [-0.3, -0.25) is 0 Å². The Morgan fingerprint density at radius 1 is 1.64 bits per heavy atom. The molecule has 72 valence electrons. The van der Waals surface area contributed by atoms with Crippen molar-refractivity contribution in [3.05, 3.63) is 16.8 Å². The number of aromatic carboxylic acids is 1. The molecule has 0 bridgehead atoms. The number of anilines is 1. The van der Waals surface area contributed by atoms with Crippen LogP contribution in [0.15, 0.2) is 5.51 Å². The second-order valence-corrected chi connectivity index (χ2v) is 3.63. The fourth-order valence-corrected chi connectivity index (χ4v) is 2.02. The first-order valence-corrected chi connectivity index (χ1v) is 4.71. The number of thiazole rings is 1. The summed E-state index contributed by atoms with van der Waals surface area (Å²) in [6.07, 6.45) is 0. The Kier molecular flexibility index (Phi) is 1.85. The zero-order chi connectivity index (χ0) is 10.3. The summed E-state index contributed by atoms with van der Waals surface area (Å²) in [5, 5.41) is 8.90. The largest absolute Gasteiger partial charge is 0.478 e. The quantitative estimate of drug-likeness (QED) is 0.738. The van der Waals surface area contributed by atoms with Crippen LogP contribution in [-0.4, -0.2) is 21.0 Å². The van der Waals surface area contributed by atoms with E-state index in [1.54, 1.807) is 12.4 Å². The fourth-order valence-electron chi connectivity index (χ4n) is 1.30. The van der Waals surface area contributed by atoms with E-state index >= 15 is 0 Å². The molecule has 6 heteroatoms. The lowest BCUT2D eigenvalue weighted by molar-refractivity contribution is 0.0697. The Morgan fingerprint density at radius 3 is 3.00 bits per heavy atom. The molecule has 0 aliphatic rings. The molecule has 0 aromatic carbocycles. The van der Waals surface area contributed by atoms with Crippen LogP contribution in [0, 0.1) is 6.92 Å². The number of nitrogen functional groups attached to an aromatic ring is 1. The van der Waals surface area contributed by atoms with E-state index < -0.39 is 5.97 Å². The number of carbonyl (C=O) groups is 1. The number of carboxylic acids is 1. The molecule has 0 saturated heterocycles. The van der Waals surface area contributed by atoms with Crippen LogP contribution in [0.5, 0.6) is 0 Å². The van der Waals surface area contributed by atoms with Crippen LogP contribution in [0.1, 0.15) is 16.1 Å². The van der Waals surface area contributed by atoms with Gasteiger partial charge in [0.05, 0.1) is 16.9 Å². The number of hydrogen-bond donors (Lipinski definition) is 2. The molecular formula is C8H7N3O2S. The number of pyridine rings is 1. The lowest BCUT2D eigenvalue weighted by Gasteiger charge is -2.03. The number of carboxylic acid groups (broad SMARTS) is 1. The van der Waals surface area contributed by atoms with Gasteiger partial charge in [-0.2, -0.15) is 0 Å². The Balaban J connectivity index is 2.89. The van der Waals surface area contributed by atoms with Gasteiger partial charge in [-0.1, -0.05) is 0 Å². The van der Waals surface area contributed by atoms with Gasteiger partial charge < -0.3 is 10.8 Å². The first kappa shape index (κ1) is 8.89. The summed E-state index contributed by atoms with van der Waals surface area (Å²) in [5.41, 5.74) is 8.42. The highest BCUT2D eigenvalue weighted by molar-refractivity contribution is 7.16. The SMILES string of the molecule is Cc1nc2scnc2c(N)c1C(=O)O. The third kappa shape index (κ3) is 1.12. The standard InChI is InChI=1S/C8H7N3O2S/c1-3-4(8(12)13)5(9)6-7(11-3)14-2-10-6/h2H,1H3,(H2,9,11)(H,12,13). The molecule has 2 aromatic rings. The van der Waals surface area contributed by atoms with E-state index in [0.29, 0.717) is 16.0 Å². The van der Waals surface area contributed by atoms with Gasteiger partial charge >= 0.3 is 5.97 Å². The average Bonchev–Trinajstić information content (AvgIpc) is 2.50. The van der Waals surface area contributed by atoms with Crippen LogP contribution >= 0.6 is 11.3 Å². The third-order valence-corrected chi connectivity index (χ3v) is 2.64. The molecule has 2 rings (SSSR count). The molecule has 14 heavy (non-hydrogen) atoms. The van der Waals surface area contributed by atoms with Crippen molar-refractivity contribution in [3.63, 3.8) is 0 Å². The first-order chi connectivity index (χ1) is 6.61. The van der Waals surface area contributed by atoms with Gasteiger partial charge in [-0.15, -0.1) is 11.3 Å². The lowest BCUT2D eigenvalue weighted by atomic mass is 10.1. The number of aryl methyl sites for hydroxylation is 1. The zero-order valence-corrected chi connectivity index (χ0v) is 8.13. The lowest BCUT2D eigenvalue weighted by Crippen LogP contribution is -2.07. The molecule has 0 saturated carbocycles. The first-order valence-electron chi connectivity index (χ1n) is 3.84. The van der Waals surface area contributed by atoms with E-state index in [1.165, 1.54) is 11.3 Å². The van der Waals surface area contributed by atoms with Crippen molar-refractivity contribution in [2.75, 3.05) is 5.73 Å². The van der Waals surface area contributed by atoms with Crippen LogP contribution < -0.4 is 5.73 Å². The maximum Gasteiger partial charge on any atom is 0.339 e. The second kappa shape index (κ2) is 2.91. The number of hydrogen-bond acceptors (Lipinski definition) is 5. The van der Waals surface area contributed by atoms with E-state index in [4.69, 9.17) is 10.8 Å². The maximum atomic E-state index is 10.9. The topological polar surface area (TPSA) is 89.1 Å². The molecule has 0 atom stereocenters.